The number of rotatable bonds is 9. The molecule has 35 heavy (non-hydrogen) atoms. The number of benzene rings is 2. The number of hydrogen-bond donors (Lipinski definition) is 2. The molecular formula is C28H34N2O5. The lowest BCUT2D eigenvalue weighted by Gasteiger charge is -2.32. The summed E-state index contributed by atoms with van der Waals surface area (Å²) in [6.45, 7) is 3.50. The van der Waals surface area contributed by atoms with Crippen LogP contribution < -0.4 is 5.32 Å². The highest BCUT2D eigenvalue weighted by molar-refractivity contribution is 5.79. The third-order valence-corrected chi connectivity index (χ3v) is 7.23. The number of carbonyl (C=O) groups excluding carboxylic acids is 2. The number of carboxylic acids is 1. The van der Waals surface area contributed by atoms with Crippen LogP contribution in [0.25, 0.3) is 11.1 Å². The van der Waals surface area contributed by atoms with Crippen LogP contribution in [-0.4, -0.2) is 53.7 Å². The van der Waals surface area contributed by atoms with Gasteiger partial charge in [-0.2, -0.15) is 0 Å². The van der Waals surface area contributed by atoms with Crippen LogP contribution in [-0.2, 0) is 14.3 Å². The van der Waals surface area contributed by atoms with E-state index in [0.717, 1.165) is 12.8 Å². The summed E-state index contributed by atoms with van der Waals surface area (Å²) in [6, 6.07) is 16.3. The van der Waals surface area contributed by atoms with Gasteiger partial charge in [-0.1, -0.05) is 48.5 Å². The molecule has 2 aliphatic rings. The number of aliphatic carboxylic acids is 1. The number of carboxylic acid groups (broad SMARTS) is 1. The van der Waals surface area contributed by atoms with Crippen molar-refractivity contribution in [3.05, 3.63) is 59.7 Å². The molecule has 0 saturated carbocycles. The summed E-state index contributed by atoms with van der Waals surface area (Å²) < 4.78 is 5.60. The predicted molar refractivity (Wildman–Crippen MR) is 133 cm³/mol. The largest absolute Gasteiger partial charge is 0.481 e. The van der Waals surface area contributed by atoms with Crippen LogP contribution in [0, 0.1) is 5.92 Å². The first-order chi connectivity index (χ1) is 16.9. The molecule has 0 aromatic heterocycles. The molecule has 1 heterocycles. The molecule has 1 fully saturated rings. The zero-order chi connectivity index (χ0) is 24.8. The van der Waals surface area contributed by atoms with Gasteiger partial charge in [-0.25, -0.2) is 4.79 Å². The van der Waals surface area contributed by atoms with Crippen LogP contribution in [0.4, 0.5) is 4.79 Å². The van der Waals surface area contributed by atoms with E-state index < -0.39 is 12.1 Å². The predicted octanol–water partition coefficient (Wildman–Crippen LogP) is 4.80. The van der Waals surface area contributed by atoms with Crippen LogP contribution in [0.5, 0.6) is 0 Å². The fourth-order valence-electron chi connectivity index (χ4n) is 5.21. The Balaban J connectivity index is 1.19. The number of nitrogens with one attached hydrogen (secondary N) is 1. The zero-order valence-electron chi connectivity index (χ0n) is 20.2. The topological polar surface area (TPSA) is 95.9 Å². The van der Waals surface area contributed by atoms with Crippen LogP contribution in [0.1, 0.15) is 62.5 Å². The van der Waals surface area contributed by atoms with Crippen molar-refractivity contribution < 1.29 is 24.2 Å². The first kappa shape index (κ1) is 24.8. The summed E-state index contributed by atoms with van der Waals surface area (Å²) in [5.41, 5.74) is 4.73. The van der Waals surface area contributed by atoms with Gasteiger partial charge in [0.05, 0.1) is 0 Å². The molecular weight excluding hydrogens is 444 g/mol. The second-order valence-electron chi connectivity index (χ2n) is 9.67. The summed E-state index contributed by atoms with van der Waals surface area (Å²) >= 11 is 0. The van der Waals surface area contributed by atoms with E-state index >= 15 is 0 Å². The number of alkyl carbamates (subject to hydrolysis) is 1. The molecule has 1 aliphatic carbocycles. The minimum Gasteiger partial charge on any atom is -0.481 e. The quantitative estimate of drug-likeness (QED) is 0.540. The molecule has 0 bridgehead atoms. The number of carbonyl (C=O) groups is 3. The van der Waals surface area contributed by atoms with Crippen LogP contribution in [0.15, 0.2) is 48.5 Å². The first-order valence-electron chi connectivity index (χ1n) is 12.5. The molecule has 1 saturated heterocycles. The molecule has 2 N–H and O–H groups in total. The third kappa shape index (κ3) is 6.21. The van der Waals surface area contributed by atoms with E-state index in [9.17, 15) is 14.4 Å². The van der Waals surface area contributed by atoms with E-state index in [2.05, 4.69) is 29.6 Å². The SMILES string of the molecule is CC(CCC(=O)N1CCC(CCC(=O)O)CC1)NC(=O)OCC1c2ccccc2-c2ccccc21. The number of nitrogens with zero attached hydrogens (tertiary/aromatic N) is 1. The Morgan fingerprint density at radius 3 is 2.20 bits per heavy atom. The van der Waals surface area contributed by atoms with Gasteiger partial charge < -0.3 is 20.1 Å². The summed E-state index contributed by atoms with van der Waals surface area (Å²) in [7, 11) is 0. The van der Waals surface area contributed by atoms with Gasteiger partial charge in [-0.3, -0.25) is 9.59 Å². The van der Waals surface area contributed by atoms with E-state index in [1.54, 1.807) is 0 Å². The minimum atomic E-state index is -0.763. The Bertz CT molecular complexity index is 1020. The van der Waals surface area contributed by atoms with Crippen molar-refractivity contribution in [2.24, 2.45) is 5.92 Å². The fraction of sp³-hybridized carbons (Fsp3) is 0.464. The van der Waals surface area contributed by atoms with E-state index in [1.165, 1.54) is 22.3 Å². The molecule has 1 aliphatic heterocycles. The van der Waals surface area contributed by atoms with Crippen LogP contribution in [0.2, 0.25) is 0 Å². The summed E-state index contributed by atoms with van der Waals surface area (Å²) in [5, 5.41) is 11.7. The lowest BCUT2D eigenvalue weighted by molar-refractivity contribution is -0.138. The summed E-state index contributed by atoms with van der Waals surface area (Å²) in [5.74, 6) is -0.281. The molecule has 4 rings (SSSR count). The van der Waals surface area contributed by atoms with Gasteiger partial charge in [-0.05, 0) is 60.8 Å². The fourth-order valence-corrected chi connectivity index (χ4v) is 5.21. The highest BCUT2D eigenvalue weighted by Crippen LogP contribution is 2.44. The number of amides is 2. The van der Waals surface area contributed by atoms with E-state index in [4.69, 9.17) is 9.84 Å². The molecule has 2 amide bonds. The third-order valence-electron chi connectivity index (χ3n) is 7.23. The first-order valence-corrected chi connectivity index (χ1v) is 12.5. The monoisotopic (exact) mass is 478 g/mol. The Labute approximate surface area is 206 Å². The van der Waals surface area contributed by atoms with E-state index in [0.29, 0.717) is 38.3 Å². The maximum absolute atomic E-state index is 12.6. The average molecular weight is 479 g/mol. The number of piperidine rings is 1. The highest BCUT2D eigenvalue weighted by Gasteiger charge is 2.29. The van der Waals surface area contributed by atoms with Crippen molar-refractivity contribution in [1.82, 2.24) is 10.2 Å². The lowest BCUT2D eigenvalue weighted by Crippen LogP contribution is -2.40. The number of ether oxygens (including phenoxy) is 1. The Morgan fingerprint density at radius 2 is 1.60 bits per heavy atom. The summed E-state index contributed by atoms with van der Waals surface area (Å²) in [6.07, 6.45) is 3.02. The van der Waals surface area contributed by atoms with E-state index in [1.807, 2.05) is 36.1 Å². The highest BCUT2D eigenvalue weighted by atomic mass is 16.5. The normalized spacial score (nSPS) is 16.3. The van der Waals surface area contributed by atoms with Crippen LogP contribution >= 0.6 is 0 Å². The van der Waals surface area contributed by atoms with Crippen molar-refractivity contribution in [1.29, 1.82) is 0 Å². The second-order valence-corrected chi connectivity index (χ2v) is 9.67. The maximum atomic E-state index is 12.6. The standard InChI is InChI=1S/C28H34N2O5/c1-19(10-12-26(31)30-16-14-20(15-17-30)11-13-27(32)33)29-28(34)35-18-25-23-8-4-2-6-21(23)22-7-3-5-9-24(22)25/h2-9,19-20,25H,10-18H2,1H3,(H,29,34)(H,32,33). The minimum absolute atomic E-state index is 0.0171. The molecule has 0 spiro atoms. The van der Waals surface area contributed by atoms with Gasteiger partial charge in [0.15, 0.2) is 0 Å². The van der Waals surface area contributed by atoms with Crippen molar-refractivity contribution >= 4 is 18.0 Å². The summed E-state index contributed by atoms with van der Waals surface area (Å²) in [4.78, 5) is 37.6. The number of likely N-dealkylation sites (tertiary alicyclic amines) is 1. The molecule has 2 aromatic carbocycles. The van der Waals surface area contributed by atoms with E-state index in [-0.39, 0.29) is 30.9 Å². The van der Waals surface area contributed by atoms with Crippen molar-refractivity contribution in [2.75, 3.05) is 19.7 Å². The van der Waals surface area contributed by atoms with Gasteiger partial charge in [0.2, 0.25) is 5.91 Å². The zero-order valence-corrected chi connectivity index (χ0v) is 20.2. The second kappa shape index (κ2) is 11.4. The van der Waals surface area contributed by atoms with Crippen molar-refractivity contribution in [3.8, 4) is 11.1 Å². The number of hydrogen-bond acceptors (Lipinski definition) is 4. The molecule has 7 nitrogen and oxygen atoms in total. The van der Waals surface area contributed by atoms with Gasteiger partial charge in [0.1, 0.15) is 6.61 Å². The van der Waals surface area contributed by atoms with Crippen LogP contribution in [0.3, 0.4) is 0 Å². The average Bonchev–Trinajstić information content (AvgIpc) is 3.19. The molecule has 186 valence electrons. The lowest BCUT2D eigenvalue weighted by atomic mass is 9.92. The Morgan fingerprint density at radius 1 is 1.00 bits per heavy atom. The molecule has 7 heteroatoms. The molecule has 1 unspecified atom stereocenters. The Hall–Kier alpha value is -3.35. The van der Waals surface area contributed by atoms with Gasteiger partial charge >= 0.3 is 12.1 Å². The molecule has 1 atom stereocenters. The van der Waals surface area contributed by atoms with Gasteiger partial charge in [0.25, 0.3) is 0 Å². The number of fused-ring (bicyclic) bond motifs is 3. The van der Waals surface area contributed by atoms with Gasteiger partial charge in [-0.15, -0.1) is 0 Å². The van der Waals surface area contributed by atoms with Crippen molar-refractivity contribution in [2.45, 2.75) is 57.4 Å². The maximum Gasteiger partial charge on any atom is 0.407 e. The smallest absolute Gasteiger partial charge is 0.407 e. The van der Waals surface area contributed by atoms with Crippen molar-refractivity contribution in [3.63, 3.8) is 0 Å². The molecule has 2 aromatic rings. The van der Waals surface area contributed by atoms with Gasteiger partial charge in [0, 0.05) is 37.9 Å². The Kier molecular flexibility index (Phi) is 8.06. The molecule has 0 radical (unpaired) electrons.